The molecular formula is C28H36N2OS. The van der Waals surface area contributed by atoms with E-state index in [0.717, 1.165) is 36.9 Å². The molecular weight excluding hydrogens is 412 g/mol. The molecule has 0 saturated heterocycles. The lowest BCUT2D eigenvalue weighted by atomic mass is 9.77. The Hall–Kier alpha value is -2.04. The van der Waals surface area contributed by atoms with E-state index in [-0.39, 0.29) is 5.92 Å². The lowest BCUT2D eigenvalue weighted by Gasteiger charge is -2.28. The standard InChI is InChI=1S/C28H36N2OS/c1-22-14-16-26(17-15-22)32-19-9-18-30(2)21-25-20-29-28(31-25)27(23-10-5-3-6-11-23)24-12-7-4-8-13-24/h3,5-6,10-11,14-17,20,24,27H,4,7-9,12-13,18-19,21H2,1-2H3/t27-/m1/s1. The van der Waals surface area contributed by atoms with Crippen molar-refractivity contribution in [3.05, 3.63) is 83.6 Å². The molecule has 0 aliphatic heterocycles. The number of benzene rings is 2. The fourth-order valence-electron chi connectivity index (χ4n) is 4.79. The number of hydrogen-bond donors (Lipinski definition) is 0. The van der Waals surface area contributed by atoms with E-state index in [0.29, 0.717) is 5.92 Å². The molecule has 4 heteroatoms. The van der Waals surface area contributed by atoms with Gasteiger partial charge in [0.15, 0.2) is 0 Å². The second-order valence-corrected chi connectivity index (χ2v) is 10.4. The highest BCUT2D eigenvalue weighted by molar-refractivity contribution is 7.99. The van der Waals surface area contributed by atoms with Crippen LogP contribution < -0.4 is 0 Å². The van der Waals surface area contributed by atoms with Crippen LogP contribution in [0.25, 0.3) is 0 Å². The largest absolute Gasteiger partial charge is 0.444 e. The third-order valence-electron chi connectivity index (χ3n) is 6.52. The van der Waals surface area contributed by atoms with Crippen LogP contribution in [0.2, 0.25) is 0 Å². The quantitative estimate of drug-likeness (QED) is 0.240. The third-order valence-corrected chi connectivity index (χ3v) is 7.62. The Morgan fingerprint density at radius 3 is 2.53 bits per heavy atom. The monoisotopic (exact) mass is 448 g/mol. The van der Waals surface area contributed by atoms with Gasteiger partial charge in [-0.1, -0.05) is 67.3 Å². The average molecular weight is 449 g/mol. The summed E-state index contributed by atoms with van der Waals surface area (Å²) >= 11 is 1.94. The van der Waals surface area contributed by atoms with Crippen LogP contribution in [-0.2, 0) is 6.54 Å². The van der Waals surface area contributed by atoms with Crippen LogP contribution in [0.4, 0.5) is 0 Å². The lowest BCUT2D eigenvalue weighted by molar-refractivity contribution is 0.267. The fourth-order valence-corrected chi connectivity index (χ4v) is 5.63. The number of nitrogens with zero attached hydrogens (tertiary/aromatic N) is 2. The van der Waals surface area contributed by atoms with Gasteiger partial charge in [0.25, 0.3) is 0 Å². The van der Waals surface area contributed by atoms with E-state index in [9.17, 15) is 0 Å². The van der Waals surface area contributed by atoms with E-state index in [1.165, 1.54) is 48.1 Å². The third kappa shape index (κ3) is 6.49. The summed E-state index contributed by atoms with van der Waals surface area (Å²) in [5.41, 5.74) is 2.66. The van der Waals surface area contributed by atoms with Gasteiger partial charge in [0.05, 0.1) is 18.7 Å². The van der Waals surface area contributed by atoms with E-state index in [2.05, 4.69) is 73.5 Å². The van der Waals surface area contributed by atoms with E-state index in [1.807, 2.05) is 18.0 Å². The van der Waals surface area contributed by atoms with Crippen LogP contribution in [0.3, 0.4) is 0 Å². The van der Waals surface area contributed by atoms with Crippen LogP contribution in [0.15, 0.2) is 70.1 Å². The molecule has 1 saturated carbocycles. The number of aromatic nitrogens is 1. The molecule has 1 atom stereocenters. The summed E-state index contributed by atoms with van der Waals surface area (Å²) in [5, 5.41) is 0. The zero-order valence-corrected chi connectivity index (χ0v) is 20.3. The van der Waals surface area contributed by atoms with Crippen molar-refractivity contribution in [3.63, 3.8) is 0 Å². The zero-order chi connectivity index (χ0) is 22.2. The van der Waals surface area contributed by atoms with Crippen molar-refractivity contribution < 1.29 is 4.42 Å². The van der Waals surface area contributed by atoms with E-state index in [4.69, 9.17) is 9.40 Å². The smallest absolute Gasteiger partial charge is 0.202 e. The Balaban J connectivity index is 1.31. The van der Waals surface area contributed by atoms with Crippen LogP contribution in [0.5, 0.6) is 0 Å². The molecule has 4 rings (SSSR count). The molecule has 1 aliphatic rings. The molecule has 0 radical (unpaired) electrons. The van der Waals surface area contributed by atoms with E-state index < -0.39 is 0 Å². The molecule has 0 N–H and O–H groups in total. The van der Waals surface area contributed by atoms with Gasteiger partial charge in [0.1, 0.15) is 5.76 Å². The molecule has 0 amide bonds. The molecule has 1 fully saturated rings. The fraction of sp³-hybridized carbons (Fsp3) is 0.464. The highest BCUT2D eigenvalue weighted by Crippen LogP contribution is 2.40. The normalized spacial score (nSPS) is 15.8. The summed E-state index contributed by atoms with van der Waals surface area (Å²) in [6, 6.07) is 19.6. The summed E-state index contributed by atoms with van der Waals surface area (Å²) in [7, 11) is 2.18. The van der Waals surface area contributed by atoms with Crippen LogP contribution >= 0.6 is 11.8 Å². The minimum absolute atomic E-state index is 0.279. The minimum Gasteiger partial charge on any atom is -0.444 e. The summed E-state index contributed by atoms with van der Waals surface area (Å²) in [6.45, 7) is 4.00. The van der Waals surface area contributed by atoms with Crippen molar-refractivity contribution in [1.29, 1.82) is 0 Å². The first-order valence-corrected chi connectivity index (χ1v) is 13.0. The number of thioether (sulfide) groups is 1. The van der Waals surface area contributed by atoms with Crippen molar-refractivity contribution in [1.82, 2.24) is 9.88 Å². The maximum atomic E-state index is 6.35. The van der Waals surface area contributed by atoms with Gasteiger partial charge in [0.2, 0.25) is 5.89 Å². The van der Waals surface area contributed by atoms with Crippen LogP contribution in [0.1, 0.15) is 67.2 Å². The predicted molar refractivity (Wildman–Crippen MR) is 134 cm³/mol. The van der Waals surface area contributed by atoms with Gasteiger partial charge in [-0.15, -0.1) is 11.8 Å². The van der Waals surface area contributed by atoms with Gasteiger partial charge >= 0.3 is 0 Å². The summed E-state index contributed by atoms with van der Waals surface area (Å²) < 4.78 is 6.35. The average Bonchev–Trinajstić information content (AvgIpc) is 3.27. The molecule has 1 heterocycles. The van der Waals surface area contributed by atoms with Crippen molar-refractivity contribution >= 4 is 11.8 Å². The van der Waals surface area contributed by atoms with Crippen molar-refractivity contribution in [2.75, 3.05) is 19.3 Å². The molecule has 3 aromatic rings. The second kappa shape index (κ2) is 11.7. The SMILES string of the molecule is Cc1ccc(SCCCN(C)Cc2cnc([C@H](c3ccccc3)C3CCCCC3)o2)cc1. The minimum atomic E-state index is 0.279. The topological polar surface area (TPSA) is 29.3 Å². The number of rotatable bonds is 10. The number of oxazole rings is 1. The molecule has 1 aromatic heterocycles. The second-order valence-electron chi connectivity index (χ2n) is 9.20. The zero-order valence-electron chi connectivity index (χ0n) is 19.5. The van der Waals surface area contributed by atoms with Gasteiger partial charge in [0, 0.05) is 4.90 Å². The first-order valence-electron chi connectivity index (χ1n) is 12.1. The Morgan fingerprint density at radius 2 is 1.78 bits per heavy atom. The van der Waals surface area contributed by atoms with E-state index >= 15 is 0 Å². The Bertz CT molecular complexity index is 932. The molecule has 170 valence electrons. The van der Waals surface area contributed by atoms with Gasteiger partial charge < -0.3 is 4.42 Å². The molecule has 2 aromatic carbocycles. The van der Waals surface area contributed by atoms with Gasteiger partial charge in [-0.25, -0.2) is 4.98 Å². The predicted octanol–water partition coefficient (Wildman–Crippen LogP) is 7.31. The molecule has 0 bridgehead atoms. The molecule has 0 spiro atoms. The van der Waals surface area contributed by atoms with Gasteiger partial charge in [-0.05, 0) is 69.1 Å². The van der Waals surface area contributed by atoms with Crippen molar-refractivity contribution in [3.8, 4) is 0 Å². The number of hydrogen-bond acceptors (Lipinski definition) is 4. The van der Waals surface area contributed by atoms with Gasteiger partial charge in [-0.3, -0.25) is 4.90 Å². The van der Waals surface area contributed by atoms with Crippen LogP contribution in [-0.4, -0.2) is 29.2 Å². The van der Waals surface area contributed by atoms with Crippen molar-refractivity contribution in [2.24, 2.45) is 5.92 Å². The van der Waals surface area contributed by atoms with Gasteiger partial charge in [-0.2, -0.15) is 0 Å². The molecule has 3 nitrogen and oxygen atoms in total. The Labute approximate surface area is 197 Å². The maximum Gasteiger partial charge on any atom is 0.202 e. The molecule has 32 heavy (non-hydrogen) atoms. The summed E-state index contributed by atoms with van der Waals surface area (Å²) in [5.74, 6) is 3.93. The van der Waals surface area contributed by atoms with Crippen LogP contribution in [0, 0.1) is 12.8 Å². The Morgan fingerprint density at radius 1 is 1.03 bits per heavy atom. The first kappa shape index (κ1) is 23.1. The van der Waals surface area contributed by atoms with E-state index in [1.54, 1.807) is 0 Å². The number of aryl methyl sites for hydroxylation is 1. The molecule has 0 unspecified atom stereocenters. The molecule has 1 aliphatic carbocycles. The summed E-state index contributed by atoms with van der Waals surface area (Å²) in [4.78, 5) is 8.47. The highest BCUT2D eigenvalue weighted by atomic mass is 32.2. The highest BCUT2D eigenvalue weighted by Gasteiger charge is 2.30. The lowest BCUT2D eigenvalue weighted by Crippen LogP contribution is -2.19. The maximum absolute atomic E-state index is 6.35. The summed E-state index contributed by atoms with van der Waals surface area (Å²) in [6.07, 6.45) is 9.67. The first-order chi connectivity index (χ1) is 15.7. The Kier molecular flexibility index (Phi) is 8.47. The van der Waals surface area contributed by atoms with Crippen molar-refractivity contribution in [2.45, 2.75) is 62.8 Å².